The van der Waals surface area contributed by atoms with Crippen molar-refractivity contribution in [3.05, 3.63) is 53.7 Å². The van der Waals surface area contributed by atoms with Gasteiger partial charge in [-0.15, -0.1) is 0 Å². The molecule has 160 valence electrons. The number of carbonyl (C=O) groups is 1. The summed E-state index contributed by atoms with van der Waals surface area (Å²) in [6, 6.07) is 13.0. The van der Waals surface area contributed by atoms with E-state index in [9.17, 15) is 9.90 Å². The summed E-state index contributed by atoms with van der Waals surface area (Å²) in [5.74, 6) is 1.02. The summed E-state index contributed by atoms with van der Waals surface area (Å²) in [4.78, 5) is 12.4. The highest BCUT2D eigenvalue weighted by Crippen LogP contribution is 2.29. The number of aliphatic hydroxyl groups excluding tert-OH is 1. The molecule has 0 fully saturated rings. The second kappa shape index (κ2) is 9.54. The van der Waals surface area contributed by atoms with E-state index in [0.29, 0.717) is 24.5 Å². The molecule has 0 radical (unpaired) electrons. The van der Waals surface area contributed by atoms with Crippen molar-refractivity contribution in [2.75, 3.05) is 32.2 Å². The van der Waals surface area contributed by atoms with Crippen molar-refractivity contribution in [3.63, 3.8) is 0 Å². The van der Waals surface area contributed by atoms with E-state index in [0.717, 1.165) is 28.0 Å². The maximum atomic E-state index is 12.4. The molecule has 0 spiro atoms. The lowest BCUT2D eigenvalue weighted by Crippen LogP contribution is -2.26. The van der Waals surface area contributed by atoms with E-state index in [1.165, 1.54) is 0 Å². The first kappa shape index (κ1) is 21.5. The summed E-state index contributed by atoms with van der Waals surface area (Å²) in [6.07, 6.45) is -0.704. The molecule has 7 heteroatoms. The third kappa shape index (κ3) is 4.68. The molecule has 0 aliphatic carbocycles. The number of methoxy groups -OCH3 is 1. The van der Waals surface area contributed by atoms with Crippen LogP contribution in [0.5, 0.6) is 11.5 Å². The van der Waals surface area contributed by atoms with Crippen molar-refractivity contribution >= 4 is 22.6 Å². The lowest BCUT2D eigenvalue weighted by Gasteiger charge is -2.14. The van der Waals surface area contributed by atoms with Crippen LogP contribution in [-0.2, 0) is 11.8 Å². The molecular weight excluding hydrogens is 384 g/mol. The molecule has 1 aromatic heterocycles. The first-order valence-electron chi connectivity index (χ1n) is 9.89. The number of benzene rings is 2. The van der Waals surface area contributed by atoms with Gasteiger partial charge in [-0.3, -0.25) is 0 Å². The average molecular weight is 412 g/mol. The first-order chi connectivity index (χ1) is 14.4. The standard InChI is InChI=1S/C23H28N2O5/c1-5-29-23(27)22-15(2)25(3)21-11-10-19(12-20(21)22)30-14-17(26)13-24-16-6-8-18(28-4)9-7-16/h6-12,17,24,26H,5,13-14H2,1-4H3/t17-/m1/s1. The van der Waals surface area contributed by atoms with Gasteiger partial charge >= 0.3 is 5.97 Å². The summed E-state index contributed by atoms with van der Waals surface area (Å²) < 4.78 is 18.1. The fraction of sp³-hybridized carbons (Fsp3) is 0.348. The molecule has 1 heterocycles. The number of carbonyl (C=O) groups excluding carboxylic acids is 1. The van der Waals surface area contributed by atoms with E-state index in [-0.39, 0.29) is 12.6 Å². The van der Waals surface area contributed by atoms with E-state index in [4.69, 9.17) is 14.2 Å². The maximum absolute atomic E-state index is 12.4. The molecule has 0 amide bonds. The van der Waals surface area contributed by atoms with Crippen LogP contribution in [0.4, 0.5) is 5.69 Å². The number of nitrogens with zero attached hydrogens (tertiary/aromatic N) is 1. The molecule has 3 aromatic rings. The molecule has 3 rings (SSSR count). The number of anilines is 1. The Morgan fingerprint density at radius 2 is 1.87 bits per heavy atom. The summed E-state index contributed by atoms with van der Waals surface area (Å²) in [7, 11) is 3.53. The van der Waals surface area contributed by atoms with Gasteiger partial charge in [-0.1, -0.05) is 0 Å². The summed E-state index contributed by atoms with van der Waals surface area (Å²) in [5, 5.41) is 14.2. The second-order valence-electron chi connectivity index (χ2n) is 6.99. The quantitative estimate of drug-likeness (QED) is 0.524. The van der Waals surface area contributed by atoms with Gasteiger partial charge in [0.05, 0.1) is 19.3 Å². The fourth-order valence-corrected chi connectivity index (χ4v) is 3.30. The molecular formula is C23H28N2O5. The topological polar surface area (TPSA) is 82.0 Å². The number of fused-ring (bicyclic) bond motifs is 1. The summed E-state index contributed by atoms with van der Waals surface area (Å²) >= 11 is 0. The maximum Gasteiger partial charge on any atom is 0.340 e. The molecule has 7 nitrogen and oxygen atoms in total. The summed E-state index contributed by atoms with van der Waals surface area (Å²) in [6.45, 7) is 4.45. The number of ether oxygens (including phenoxy) is 3. The molecule has 30 heavy (non-hydrogen) atoms. The highest BCUT2D eigenvalue weighted by atomic mass is 16.5. The zero-order valence-corrected chi connectivity index (χ0v) is 17.8. The van der Waals surface area contributed by atoms with Crippen molar-refractivity contribution in [1.82, 2.24) is 4.57 Å². The number of hydrogen-bond acceptors (Lipinski definition) is 6. The third-order valence-electron chi connectivity index (χ3n) is 5.02. The van der Waals surface area contributed by atoms with E-state index in [2.05, 4.69) is 5.32 Å². The molecule has 0 bridgehead atoms. The van der Waals surface area contributed by atoms with Crippen LogP contribution in [0.15, 0.2) is 42.5 Å². The Morgan fingerprint density at radius 3 is 2.53 bits per heavy atom. The van der Waals surface area contributed by atoms with Crippen molar-refractivity contribution in [2.24, 2.45) is 7.05 Å². The van der Waals surface area contributed by atoms with Gasteiger partial charge in [0.2, 0.25) is 0 Å². The Bertz CT molecular complexity index is 1010. The lowest BCUT2D eigenvalue weighted by atomic mass is 10.1. The monoisotopic (exact) mass is 412 g/mol. The third-order valence-corrected chi connectivity index (χ3v) is 5.02. The first-order valence-corrected chi connectivity index (χ1v) is 9.89. The van der Waals surface area contributed by atoms with Crippen LogP contribution in [0.3, 0.4) is 0 Å². The lowest BCUT2D eigenvalue weighted by molar-refractivity contribution is 0.0527. The number of esters is 1. The molecule has 0 saturated heterocycles. The van der Waals surface area contributed by atoms with E-state index >= 15 is 0 Å². The Hall–Kier alpha value is -3.19. The Morgan fingerprint density at radius 1 is 1.17 bits per heavy atom. The predicted octanol–water partition coefficient (Wildman–Crippen LogP) is 3.52. The second-order valence-corrected chi connectivity index (χ2v) is 6.99. The van der Waals surface area contributed by atoms with Crippen LogP contribution in [0.1, 0.15) is 23.0 Å². The molecule has 0 aliphatic rings. The van der Waals surface area contributed by atoms with Crippen LogP contribution < -0.4 is 14.8 Å². The fourth-order valence-electron chi connectivity index (χ4n) is 3.30. The van der Waals surface area contributed by atoms with Gasteiger partial charge in [0, 0.05) is 35.9 Å². The van der Waals surface area contributed by atoms with Crippen molar-refractivity contribution in [3.8, 4) is 11.5 Å². The predicted molar refractivity (Wildman–Crippen MR) is 117 cm³/mol. The van der Waals surface area contributed by atoms with Gasteiger partial charge in [-0.2, -0.15) is 0 Å². The van der Waals surface area contributed by atoms with Crippen molar-refractivity contribution in [1.29, 1.82) is 0 Å². The number of hydrogen-bond donors (Lipinski definition) is 2. The number of rotatable bonds is 9. The van der Waals surface area contributed by atoms with Gasteiger partial charge in [0.15, 0.2) is 0 Å². The van der Waals surface area contributed by atoms with Gasteiger partial charge in [-0.05, 0) is 56.3 Å². The number of aliphatic hydroxyl groups is 1. The molecule has 1 atom stereocenters. The van der Waals surface area contributed by atoms with Crippen molar-refractivity contribution < 1.29 is 24.1 Å². The van der Waals surface area contributed by atoms with Gasteiger partial charge in [0.1, 0.15) is 24.2 Å². The van der Waals surface area contributed by atoms with Crippen LogP contribution in [0.2, 0.25) is 0 Å². The molecule has 2 N–H and O–H groups in total. The summed E-state index contributed by atoms with van der Waals surface area (Å²) in [5.41, 5.74) is 3.19. The van der Waals surface area contributed by atoms with E-state index < -0.39 is 6.10 Å². The van der Waals surface area contributed by atoms with E-state index in [1.54, 1.807) is 14.0 Å². The Balaban J connectivity index is 1.65. The highest BCUT2D eigenvalue weighted by molar-refractivity contribution is 6.06. The normalized spacial score (nSPS) is 11.9. The minimum Gasteiger partial charge on any atom is -0.497 e. The zero-order valence-electron chi connectivity index (χ0n) is 17.8. The van der Waals surface area contributed by atoms with Gasteiger partial charge < -0.3 is 29.2 Å². The van der Waals surface area contributed by atoms with Crippen LogP contribution >= 0.6 is 0 Å². The highest BCUT2D eigenvalue weighted by Gasteiger charge is 2.20. The molecule has 0 aliphatic heterocycles. The smallest absolute Gasteiger partial charge is 0.340 e. The molecule has 2 aromatic carbocycles. The number of nitrogens with one attached hydrogen (secondary N) is 1. The molecule has 0 saturated carbocycles. The Kier molecular flexibility index (Phi) is 6.84. The zero-order chi connectivity index (χ0) is 21.7. The van der Waals surface area contributed by atoms with Gasteiger partial charge in [0.25, 0.3) is 0 Å². The number of aryl methyl sites for hydroxylation is 1. The Labute approximate surface area is 176 Å². The van der Waals surface area contributed by atoms with Crippen LogP contribution in [0, 0.1) is 6.92 Å². The van der Waals surface area contributed by atoms with Gasteiger partial charge in [-0.25, -0.2) is 4.79 Å². The largest absolute Gasteiger partial charge is 0.497 e. The van der Waals surface area contributed by atoms with Crippen LogP contribution in [0.25, 0.3) is 10.9 Å². The SMILES string of the molecule is CCOC(=O)c1c(C)n(C)c2ccc(OC[C@H](O)CNc3ccc(OC)cc3)cc12. The minimum absolute atomic E-state index is 0.120. The van der Waals surface area contributed by atoms with Crippen molar-refractivity contribution in [2.45, 2.75) is 20.0 Å². The average Bonchev–Trinajstić information content (AvgIpc) is 3.01. The molecule has 0 unspecified atom stereocenters. The number of aromatic nitrogens is 1. The minimum atomic E-state index is -0.704. The van der Waals surface area contributed by atoms with E-state index in [1.807, 2.05) is 61.0 Å². The van der Waals surface area contributed by atoms with Crippen LogP contribution in [-0.4, -0.2) is 48.6 Å².